The summed E-state index contributed by atoms with van der Waals surface area (Å²) in [6.07, 6.45) is 0.661. The fourth-order valence-corrected chi connectivity index (χ4v) is 2.80. The summed E-state index contributed by atoms with van der Waals surface area (Å²) in [5.74, 6) is 0. The molecule has 2 N–H and O–H groups in total. The molecule has 0 fully saturated rings. The number of benzene rings is 1. The molecule has 0 aliphatic carbocycles. The van der Waals surface area contributed by atoms with Gasteiger partial charge in [0.2, 0.25) is 0 Å². The number of nitriles is 1. The highest BCUT2D eigenvalue weighted by Gasteiger charge is 2.38. The average molecular weight is 382 g/mol. The molecule has 0 radical (unpaired) electrons. The first-order valence-electron chi connectivity index (χ1n) is 7.67. The van der Waals surface area contributed by atoms with Gasteiger partial charge >= 0.3 is 0 Å². The van der Waals surface area contributed by atoms with E-state index in [1.54, 1.807) is 0 Å². The zero-order chi connectivity index (χ0) is 17.0. The molecule has 0 amide bonds. The number of pyridine rings is 1. The molecule has 25 heavy (non-hydrogen) atoms. The molecular formula is C19H25Cl2N3O. The molecule has 0 aliphatic heterocycles. The number of nitrogens with zero attached hydrogens (tertiary/aromatic N) is 3. The molecule has 2 unspecified atom stereocenters. The third-order valence-electron chi connectivity index (χ3n) is 4.34. The lowest BCUT2D eigenvalue weighted by atomic mass is 9.73. The Bertz CT molecular complexity index is 713. The van der Waals surface area contributed by atoms with Crippen molar-refractivity contribution in [3.05, 3.63) is 64.4 Å². The Kier molecular flexibility index (Phi) is 9.10. The van der Waals surface area contributed by atoms with Crippen LogP contribution < -0.4 is 0 Å². The van der Waals surface area contributed by atoms with E-state index in [9.17, 15) is 5.26 Å². The summed E-state index contributed by atoms with van der Waals surface area (Å²) in [5, 5.41) is 10.8. The molecule has 1 heterocycles. The number of aryl methyl sites for hydroxylation is 1. The van der Waals surface area contributed by atoms with Crippen LogP contribution in [0.2, 0.25) is 5.02 Å². The van der Waals surface area contributed by atoms with Gasteiger partial charge in [-0.3, -0.25) is 4.98 Å². The molecule has 4 nitrogen and oxygen atoms in total. The van der Waals surface area contributed by atoms with Gasteiger partial charge in [-0.1, -0.05) is 29.8 Å². The Hall–Kier alpha value is -1.64. The molecular weight excluding hydrogens is 357 g/mol. The van der Waals surface area contributed by atoms with E-state index in [2.05, 4.69) is 22.9 Å². The van der Waals surface area contributed by atoms with Gasteiger partial charge < -0.3 is 10.4 Å². The second kappa shape index (κ2) is 9.74. The Morgan fingerprint density at radius 2 is 1.80 bits per heavy atom. The van der Waals surface area contributed by atoms with Crippen LogP contribution in [0.5, 0.6) is 0 Å². The molecule has 0 saturated carbocycles. The maximum absolute atomic E-state index is 10.1. The molecule has 2 aromatic rings. The van der Waals surface area contributed by atoms with Crippen LogP contribution in [0.25, 0.3) is 0 Å². The maximum Gasteiger partial charge on any atom is 0.126 e. The van der Waals surface area contributed by atoms with Crippen LogP contribution in [0.1, 0.15) is 30.3 Å². The van der Waals surface area contributed by atoms with Crippen molar-refractivity contribution in [3.63, 3.8) is 0 Å². The third-order valence-corrected chi connectivity index (χ3v) is 4.59. The summed E-state index contributed by atoms with van der Waals surface area (Å²) < 4.78 is 0. The molecule has 0 saturated heterocycles. The summed E-state index contributed by atoms with van der Waals surface area (Å²) in [4.78, 5) is 6.78. The van der Waals surface area contributed by atoms with Crippen molar-refractivity contribution in [1.82, 2.24) is 9.88 Å². The van der Waals surface area contributed by atoms with E-state index in [0.717, 1.165) is 17.0 Å². The Balaban J connectivity index is 0.00000288. The molecule has 0 aliphatic rings. The third kappa shape index (κ3) is 5.17. The number of hydrogen-bond donors (Lipinski definition) is 0. The van der Waals surface area contributed by atoms with E-state index in [-0.39, 0.29) is 23.9 Å². The summed E-state index contributed by atoms with van der Waals surface area (Å²) in [6.45, 7) is 4.07. The van der Waals surface area contributed by atoms with Gasteiger partial charge in [0.15, 0.2) is 0 Å². The van der Waals surface area contributed by atoms with Crippen LogP contribution in [0.3, 0.4) is 0 Å². The number of hydrogen-bond acceptors (Lipinski definition) is 3. The van der Waals surface area contributed by atoms with Gasteiger partial charge in [0, 0.05) is 16.8 Å². The minimum atomic E-state index is -0.791. The monoisotopic (exact) mass is 381 g/mol. The van der Waals surface area contributed by atoms with E-state index in [4.69, 9.17) is 11.6 Å². The minimum absolute atomic E-state index is 0. The second-order valence-corrected chi connectivity index (χ2v) is 6.64. The smallest absolute Gasteiger partial charge is 0.126 e. The van der Waals surface area contributed by atoms with Crippen LogP contribution in [0.15, 0.2) is 42.5 Å². The summed E-state index contributed by atoms with van der Waals surface area (Å²) in [7, 11) is 4.05. The topological polar surface area (TPSA) is 71.4 Å². The fraction of sp³-hybridized carbons (Fsp3) is 0.368. The summed E-state index contributed by atoms with van der Waals surface area (Å²) in [6, 6.07) is 16.1. The first-order valence-corrected chi connectivity index (χ1v) is 8.04. The van der Waals surface area contributed by atoms with E-state index in [0.29, 0.717) is 11.4 Å². The van der Waals surface area contributed by atoms with Crippen molar-refractivity contribution < 1.29 is 5.48 Å². The van der Waals surface area contributed by atoms with Crippen LogP contribution in [-0.4, -0.2) is 35.5 Å². The molecule has 2 atom stereocenters. The molecule has 2 rings (SSSR count). The van der Waals surface area contributed by atoms with E-state index >= 15 is 0 Å². The van der Waals surface area contributed by atoms with Crippen LogP contribution in [0.4, 0.5) is 0 Å². The van der Waals surface area contributed by atoms with Gasteiger partial charge in [-0.25, -0.2) is 0 Å². The SMILES string of the molecule is Cc1cccc(C(C#N)(CC(C)N(C)C)c2ccc(Cl)cc2)n1.Cl.O. The van der Waals surface area contributed by atoms with E-state index in [1.165, 1.54) is 0 Å². The zero-order valence-corrected chi connectivity index (χ0v) is 16.5. The van der Waals surface area contributed by atoms with E-state index in [1.807, 2.05) is 63.5 Å². The quantitative estimate of drug-likeness (QED) is 0.790. The summed E-state index contributed by atoms with van der Waals surface area (Å²) in [5.41, 5.74) is 1.83. The average Bonchev–Trinajstić information content (AvgIpc) is 2.53. The van der Waals surface area contributed by atoms with Crippen molar-refractivity contribution in [2.24, 2.45) is 0 Å². The number of rotatable bonds is 5. The van der Waals surface area contributed by atoms with Crippen molar-refractivity contribution in [1.29, 1.82) is 5.26 Å². The highest BCUT2D eigenvalue weighted by molar-refractivity contribution is 6.30. The lowest BCUT2D eigenvalue weighted by molar-refractivity contribution is 0.273. The predicted molar refractivity (Wildman–Crippen MR) is 105 cm³/mol. The zero-order valence-electron chi connectivity index (χ0n) is 15.0. The van der Waals surface area contributed by atoms with Gasteiger partial charge in [0.25, 0.3) is 0 Å². The van der Waals surface area contributed by atoms with Crippen molar-refractivity contribution in [3.8, 4) is 6.07 Å². The summed E-state index contributed by atoms with van der Waals surface area (Å²) >= 11 is 6.03. The van der Waals surface area contributed by atoms with Gasteiger partial charge in [0.1, 0.15) is 5.41 Å². The van der Waals surface area contributed by atoms with Crippen molar-refractivity contribution in [2.45, 2.75) is 31.7 Å². The van der Waals surface area contributed by atoms with Crippen LogP contribution in [0, 0.1) is 18.3 Å². The van der Waals surface area contributed by atoms with Gasteiger partial charge in [-0.05, 0) is 64.2 Å². The van der Waals surface area contributed by atoms with Gasteiger partial charge in [0.05, 0.1) is 11.8 Å². The van der Waals surface area contributed by atoms with Crippen LogP contribution in [-0.2, 0) is 5.41 Å². The van der Waals surface area contributed by atoms with Gasteiger partial charge in [-0.2, -0.15) is 5.26 Å². The first kappa shape index (κ1) is 23.4. The highest BCUT2D eigenvalue weighted by atomic mass is 35.5. The van der Waals surface area contributed by atoms with Crippen molar-refractivity contribution >= 4 is 24.0 Å². The molecule has 6 heteroatoms. The molecule has 136 valence electrons. The number of halogens is 2. The Labute approximate surface area is 161 Å². The largest absolute Gasteiger partial charge is 0.412 e. The van der Waals surface area contributed by atoms with Crippen LogP contribution >= 0.6 is 24.0 Å². The normalized spacial score (nSPS) is 13.8. The lowest BCUT2D eigenvalue weighted by Crippen LogP contribution is -2.37. The molecule has 0 bridgehead atoms. The second-order valence-electron chi connectivity index (χ2n) is 6.20. The van der Waals surface area contributed by atoms with E-state index < -0.39 is 5.41 Å². The van der Waals surface area contributed by atoms with Gasteiger partial charge in [-0.15, -0.1) is 12.4 Å². The minimum Gasteiger partial charge on any atom is -0.412 e. The first-order chi connectivity index (χ1) is 10.9. The predicted octanol–water partition coefficient (Wildman–Crippen LogP) is 3.79. The number of aromatic nitrogens is 1. The highest BCUT2D eigenvalue weighted by Crippen LogP contribution is 2.36. The fourth-order valence-electron chi connectivity index (χ4n) is 2.68. The molecule has 1 aromatic heterocycles. The lowest BCUT2D eigenvalue weighted by Gasteiger charge is -2.32. The Morgan fingerprint density at radius 3 is 2.28 bits per heavy atom. The standard InChI is InChI=1S/C19H22ClN3.ClH.H2O/c1-14-6-5-7-18(22-14)19(13-21,12-15(2)23(3)4)16-8-10-17(20)11-9-16;;/h5-11,15H,12H2,1-4H3;1H;1H2. The molecule has 1 aromatic carbocycles. The Morgan fingerprint density at radius 1 is 1.20 bits per heavy atom. The molecule has 0 spiro atoms. The van der Waals surface area contributed by atoms with Crippen molar-refractivity contribution in [2.75, 3.05) is 14.1 Å². The maximum atomic E-state index is 10.1.